The molecule has 0 aliphatic carbocycles. The van der Waals surface area contributed by atoms with E-state index in [1.54, 1.807) is 11.8 Å². The van der Waals surface area contributed by atoms with Gasteiger partial charge in [-0.1, -0.05) is 29.3 Å². The van der Waals surface area contributed by atoms with Crippen LogP contribution in [-0.4, -0.2) is 24.0 Å². The fourth-order valence-electron chi connectivity index (χ4n) is 2.04. The molecule has 3 nitrogen and oxygen atoms in total. The fraction of sp³-hybridized carbons (Fsp3) is 0.533. The average molecular weight is 317 g/mol. The largest absolute Gasteiger partial charge is 0.348 e. The number of hydrogen-bond acceptors (Lipinski definition) is 3. The van der Waals surface area contributed by atoms with E-state index in [1.807, 2.05) is 13.2 Å². The number of aryl methyl sites for hydroxylation is 2. The molecule has 20 heavy (non-hydrogen) atoms. The molecule has 0 fully saturated rings. The Morgan fingerprint density at radius 3 is 2.35 bits per heavy atom. The second-order valence-corrected chi connectivity index (χ2v) is 6.02. The number of amides is 1. The quantitative estimate of drug-likeness (QED) is 0.848. The van der Waals surface area contributed by atoms with Crippen LogP contribution >= 0.6 is 24.2 Å². The van der Waals surface area contributed by atoms with Gasteiger partial charge in [0.05, 0.1) is 12.1 Å². The van der Waals surface area contributed by atoms with E-state index in [0.717, 1.165) is 11.3 Å². The Bertz CT molecular complexity index is 420. The van der Waals surface area contributed by atoms with Crippen LogP contribution in [0.3, 0.4) is 0 Å². The van der Waals surface area contributed by atoms with Crippen LogP contribution in [0.2, 0.25) is 0 Å². The Kier molecular flexibility index (Phi) is 8.94. The van der Waals surface area contributed by atoms with E-state index >= 15 is 0 Å². The Labute approximate surface area is 132 Å². The number of nitrogens with two attached hydrogens (primary N) is 1. The van der Waals surface area contributed by atoms with E-state index < -0.39 is 6.04 Å². The first kappa shape index (κ1) is 19.3. The molecule has 0 spiro atoms. The molecule has 5 heteroatoms. The van der Waals surface area contributed by atoms with Crippen LogP contribution in [0.5, 0.6) is 0 Å². The second kappa shape index (κ2) is 9.27. The molecule has 0 aliphatic rings. The molecule has 0 saturated heterocycles. The van der Waals surface area contributed by atoms with Crippen molar-refractivity contribution in [1.29, 1.82) is 0 Å². The molecule has 1 amide bonds. The molecule has 2 atom stereocenters. The van der Waals surface area contributed by atoms with Crippen molar-refractivity contribution in [2.75, 3.05) is 12.0 Å². The van der Waals surface area contributed by atoms with Gasteiger partial charge in [0.25, 0.3) is 0 Å². The topological polar surface area (TPSA) is 55.1 Å². The molecule has 3 N–H and O–H groups in total. The van der Waals surface area contributed by atoms with E-state index in [4.69, 9.17) is 5.73 Å². The minimum absolute atomic E-state index is 0. The number of thioether (sulfide) groups is 1. The maximum atomic E-state index is 12.0. The zero-order chi connectivity index (χ0) is 14.4. The van der Waals surface area contributed by atoms with E-state index in [1.165, 1.54) is 11.1 Å². The minimum Gasteiger partial charge on any atom is -0.348 e. The van der Waals surface area contributed by atoms with E-state index in [-0.39, 0.29) is 24.4 Å². The molecule has 0 aromatic heterocycles. The molecule has 1 unspecified atom stereocenters. The number of benzene rings is 1. The summed E-state index contributed by atoms with van der Waals surface area (Å²) in [5.41, 5.74) is 9.41. The van der Waals surface area contributed by atoms with E-state index in [9.17, 15) is 4.79 Å². The Morgan fingerprint density at radius 2 is 1.85 bits per heavy atom. The summed E-state index contributed by atoms with van der Waals surface area (Å²) < 4.78 is 0. The van der Waals surface area contributed by atoms with Crippen LogP contribution < -0.4 is 11.1 Å². The Balaban J connectivity index is 0.00000361. The van der Waals surface area contributed by atoms with Crippen molar-refractivity contribution in [2.24, 2.45) is 5.73 Å². The first-order valence-electron chi connectivity index (χ1n) is 6.57. The number of halogens is 1. The average Bonchev–Trinajstić information content (AvgIpc) is 2.34. The lowest BCUT2D eigenvalue weighted by Gasteiger charge is -2.18. The lowest BCUT2D eigenvalue weighted by molar-refractivity contribution is -0.123. The normalized spacial score (nSPS) is 13.2. The predicted molar refractivity (Wildman–Crippen MR) is 90.7 cm³/mol. The van der Waals surface area contributed by atoms with Crippen LogP contribution in [-0.2, 0) is 4.79 Å². The predicted octanol–water partition coefficient (Wildman–Crippen LogP) is 2.98. The Hall–Kier alpha value is -0.710. The molecule has 0 heterocycles. The van der Waals surface area contributed by atoms with Crippen LogP contribution in [0.4, 0.5) is 0 Å². The van der Waals surface area contributed by atoms with Gasteiger partial charge in [-0.15, -0.1) is 12.4 Å². The van der Waals surface area contributed by atoms with E-state index in [0.29, 0.717) is 6.42 Å². The maximum Gasteiger partial charge on any atom is 0.237 e. The van der Waals surface area contributed by atoms with Crippen LogP contribution in [0, 0.1) is 13.8 Å². The first-order chi connectivity index (χ1) is 8.93. The van der Waals surface area contributed by atoms with Crippen molar-refractivity contribution < 1.29 is 4.79 Å². The molecule has 1 rings (SSSR count). The molecule has 1 aromatic carbocycles. The summed E-state index contributed by atoms with van der Waals surface area (Å²) >= 11 is 1.71. The smallest absolute Gasteiger partial charge is 0.237 e. The number of hydrogen-bond donors (Lipinski definition) is 2. The van der Waals surface area contributed by atoms with Gasteiger partial charge in [-0.3, -0.25) is 4.79 Å². The molecule has 0 radical (unpaired) electrons. The van der Waals surface area contributed by atoms with Gasteiger partial charge in [-0.25, -0.2) is 0 Å². The van der Waals surface area contributed by atoms with Gasteiger partial charge >= 0.3 is 0 Å². The standard InChI is InChI=1S/C15H24N2OS.ClH/c1-10-7-11(2)9-13(8-10)12(3)17-15(18)14(16)5-6-19-4;/h7-9,12,14H,5-6,16H2,1-4H3,(H,17,18);1H/t12?,14-;/m0./s1. The summed E-state index contributed by atoms with van der Waals surface area (Å²) in [4.78, 5) is 12.0. The summed E-state index contributed by atoms with van der Waals surface area (Å²) in [5, 5.41) is 2.99. The van der Waals surface area contributed by atoms with Crippen molar-refractivity contribution in [3.8, 4) is 0 Å². The molecule has 0 bridgehead atoms. The Morgan fingerprint density at radius 1 is 1.30 bits per heavy atom. The highest BCUT2D eigenvalue weighted by Crippen LogP contribution is 2.16. The third-order valence-electron chi connectivity index (χ3n) is 3.07. The summed E-state index contributed by atoms with van der Waals surface area (Å²) in [7, 11) is 0. The van der Waals surface area contributed by atoms with Gasteiger partial charge in [0, 0.05) is 0 Å². The van der Waals surface area contributed by atoms with Crippen LogP contribution in [0.25, 0.3) is 0 Å². The van der Waals surface area contributed by atoms with Crippen molar-refractivity contribution in [1.82, 2.24) is 5.32 Å². The zero-order valence-electron chi connectivity index (χ0n) is 12.6. The molecule has 0 saturated carbocycles. The van der Waals surface area contributed by atoms with Crippen molar-refractivity contribution in [2.45, 2.75) is 39.3 Å². The van der Waals surface area contributed by atoms with Crippen molar-refractivity contribution >= 4 is 30.1 Å². The van der Waals surface area contributed by atoms with Gasteiger partial charge in [-0.2, -0.15) is 11.8 Å². The van der Waals surface area contributed by atoms with Gasteiger partial charge in [0.15, 0.2) is 0 Å². The highest BCUT2D eigenvalue weighted by atomic mass is 35.5. The third-order valence-corrected chi connectivity index (χ3v) is 3.72. The maximum absolute atomic E-state index is 12.0. The summed E-state index contributed by atoms with van der Waals surface area (Å²) in [5.74, 6) is 0.840. The summed E-state index contributed by atoms with van der Waals surface area (Å²) in [6.07, 6.45) is 2.73. The first-order valence-corrected chi connectivity index (χ1v) is 7.96. The van der Waals surface area contributed by atoms with Crippen molar-refractivity contribution in [3.05, 3.63) is 34.9 Å². The molecule has 0 aliphatic heterocycles. The summed E-state index contributed by atoms with van der Waals surface area (Å²) in [6, 6.07) is 5.91. The highest BCUT2D eigenvalue weighted by Gasteiger charge is 2.16. The second-order valence-electron chi connectivity index (χ2n) is 5.04. The zero-order valence-corrected chi connectivity index (χ0v) is 14.2. The lowest BCUT2D eigenvalue weighted by Crippen LogP contribution is -2.41. The monoisotopic (exact) mass is 316 g/mol. The van der Waals surface area contributed by atoms with Gasteiger partial charge in [0.1, 0.15) is 0 Å². The number of nitrogens with one attached hydrogen (secondary N) is 1. The molecular weight excluding hydrogens is 292 g/mol. The molecule has 1 aromatic rings. The molecular formula is C15H25ClN2OS. The highest BCUT2D eigenvalue weighted by molar-refractivity contribution is 7.98. The van der Waals surface area contributed by atoms with Crippen LogP contribution in [0.1, 0.15) is 36.1 Å². The van der Waals surface area contributed by atoms with Gasteiger partial charge < -0.3 is 11.1 Å². The minimum atomic E-state index is -0.416. The number of carbonyl (C=O) groups is 1. The third kappa shape index (κ3) is 6.16. The number of carbonyl (C=O) groups excluding carboxylic acids is 1. The SMILES string of the molecule is CSCC[C@H](N)C(=O)NC(C)c1cc(C)cc(C)c1.Cl. The lowest BCUT2D eigenvalue weighted by atomic mass is 10.0. The number of rotatable bonds is 6. The van der Waals surface area contributed by atoms with E-state index in [2.05, 4.69) is 37.4 Å². The van der Waals surface area contributed by atoms with Crippen molar-refractivity contribution in [3.63, 3.8) is 0 Å². The van der Waals surface area contributed by atoms with Gasteiger partial charge in [-0.05, 0) is 44.8 Å². The fourth-order valence-corrected chi connectivity index (χ4v) is 2.53. The van der Waals surface area contributed by atoms with Crippen LogP contribution in [0.15, 0.2) is 18.2 Å². The molecule has 114 valence electrons. The van der Waals surface area contributed by atoms with Gasteiger partial charge in [0.2, 0.25) is 5.91 Å². The summed E-state index contributed by atoms with van der Waals surface area (Å²) in [6.45, 7) is 6.12.